The fourth-order valence-electron chi connectivity index (χ4n) is 3.13. The molecule has 1 heterocycles. The highest BCUT2D eigenvalue weighted by Gasteiger charge is 2.12. The lowest BCUT2D eigenvalue weighted by Crippen LogP contribution is -2.26. The molecule has 0 saturated carbocycles. The van der Waals surface area contributed by atoms with Crippen molar-refractivity contribution in [3.05, 3.63) is 77.2 Å². The molecule has 2 aromatic carbocycles. The first kappa shape index (κ1) is 20.3. The van der Waals surface area contributed by atoms with E-state index in [2.05, 4.69) is 5.32 Å². The van der Waals surface area contributed by atoms with E-state index in [0.717, 1.165) is 22.0 Å². The molecule has 3 aromatic rings. The average molecular weight is 391 g/mol. The number of hydrogen-bond acceptors (Lipinski definition) is 3. The van der Waals surface area contributed by atoms with Crippen LogP contribution in [0.4, 0.5) is 4.39 Å². The molecule has 0 fully saturated rings. The lowest BCUT2D eigenvalue weighted by atomic mass is 10.1. The van der Waals surface area contributed by atoms with E-state index in [-0.39, 0.29) is 11.4 Å². The van der Waals surface area contributed by atoms with Gasteiger partial charge in [0.25, 0.3) is 5.91 Å². The maximum absolute atomic E-state index is 13.2. The van der Waals surface area contributed by atoms with Crippen LogP contribution in [0.25, 0.3) is 17.0 Å². The van der Waals surface area contributed by atoms with Gasteiger partial charge in [0.2, 0.25) is 0 Å². The van der Waals surface area contributed by atoms with Crippen molar-refractivity contribution < 1.29 is 13.9 Å². The summed E-state index contributed by atoms with van der Waals surface area (Å²) < 4.78 is 20.2. The number of nitrogens with zero attached hydrogens (tertiary/aromatic N) is 2. The fourth-order valence-corrected chi connectivity index (χ4v) is 3.13. The highest BCUT2D eigenvalue weighted by molar-refractivity contribution is 6.04. The molecule has 29 heavy (non-hydrogen) atoms. The van der Waals surface area contributed by atoms with E-state index in [1.807, 2.05) is 41.1 Å². The van der Waals surface area contributed by atoms with Crippen LogP contribution in [0, 0.1) is 17.1 Å². The fraction of sp³-hybridized carbons (Fsp3) is 0.217. The summed E-state index contributed by atoms with van der Waals surface area (Å²) in [5.41, 5.74) is 2.76. The van der Waals surface area contributed by atoms with Crippen LogP contribution >= 0.6 is 0 Å². The standard InChI is InChI=1S/C23H22FN3O2/c1-29-12-4-11-26-23(28)18(14-25)13-19-16-27(22-6-3-2-5-21(19)22)15-17-7-9-20(24)10-8-17/h2-3,5-10,13,16H,4,11-12,15H2,1H3,(H,26,28). The van der Waals surface area contributed by atoms with Gasteiger partial charge in [-0.3, -0.25) is 4.79 Å². The third kappa shape index (κ3) is 5.09. The molecule has 6 heteroatoms. The minimum Gasteiger partial charge on any atom is -0.385 e. The molecular formula is C23H22FN3O2. The Labute approximate surface area is 169 Å². The van der Waals surface area contributed by atoms with Gasteiger partial charge in [-0.25, -0.2) is 4.39 Å². The summed E-state index contributed by atoms with van der Waals surface area (Å²) >= 11 is 0. The molecule has 1 amide bonds. The van der Waals surface area contributed by atoms with Crippen molar-refractivity contribution in [1.82, 2.24) is 9.88 Å². The number of halogens is 1. The first-order valence-corrected chi connectivity index (χ1v) is 9.33. The number of methoxy groups -OCH3 is 1. The predicted molar refractivity (Wildman–Crippen MR) is 111 cm³/mol. The maximum Gasteiger partial charge on any atom is 0.261 e. The minimum atomic E-state index is -0.404. The topological polar surface area (TPSA) is 67.0 Å². The van der Waals surface area contributed by atoms with Gasteiger partial charge in [0.15, 0.2) is 0 Å². The number of benzene rings is 2. The van der Waals surface area contributed by atoms with E-state index < -0.39 is 5.91 Å². The van der Waals surface area contributed by atoms with Crippen LogP contribution in [0.2, 0.25) is 0 Å². The summed E-state index contributed by atoms with van der Waals surface area (Å²) in [6.07, 6.45) is 4.19. The smallest absolute Gasteiger partial charge is 0.261 e. The molecule has 0 aliphatic heterocycles. The SMILES string of the molecule is COCCCNC(=O)C(C#N)=Cc1cn(Cc2ccc(F)cc2)c2ccccc12. The minimum absolute atomic E-state index is 0.0482. The summed E-state index contributed by atoms with van der Waals surface area (Å²) in [6.45, 7) is 1.54. The van der Waals surface area contributed by atoms with E-state index in [1.165, 1.54) is 12.1 Å². The second-order valence-corrected chi connectivity index (χ2v) is 6.63. The average Bonchev–Trinajstić information content (AvgIpc) is 3.08. The van der Waals surface area contributed by atoms with Crippen molar-refractivity contribution in [2.45, 2.75) is 13.0 Å². The molecule has 0 unspecified atom stereocenters. The van der Waals surface area contributed by atoms with Crippen molar-refractivity contribution in [3.63, 3.8) is 0 Å². The molecule has 0 saturated heterocycles. The number of carbonyl (C=O) groups excluding carboxylic acids is 1. The Hall–Kier alpha value is -3.43. The molecule has 3 rings (SSSR count). The molecule has 5 nitrogen and oxygen atoms in total. The van der Waals surface area contributed by atoms with Crippen LogP contribution in [0.1, 0.15) is 17.5 Å². The van der Waals surface area contributed by atoms with Gasteiger partial charge in [-0.05, 0) is 36.3 Å². The zero-order valence-corrected chi connectivity index (χ0v) is 16.2. The monoisotopic (exact) mass is 391 g/mol. The van der Waals surface area contributed by atoms with E-state index in [9.17, 15) is 14.4 Å². The number of fused-ring (bicyclic) bond motifs is 1. The van der Waals surface area contributed by atoms with Crippen molar-refractivity contribution in [2.24, 2.45) is 0 Å². The summed E-state index contributed by atoms with van der Waals surface area (Å²) in [4.78, 5) is 12.3. The van der Waals surface area contributed by atoms with Crippen LogP contribution < -0.4 is 5.32 Å². The van der Waals surface area contributed by atoms with Gasteiger partial charge in [0, 0.05) is 49.5 Å². The molecule has 0 bridgehead atoms. The number of ether oxygens (including phenoxy) is 1. The molecule has 0 spiro atoms. The van der Waals surface area contributed by atoms with Gasteiger partial charge in [-0.15, -0.1) is 0 Å². The first-order valence-electron chi connectivity index (χ1n) is 9.33. The van der Waals surface area contributed by atoms with Crippen LogP contribution in [0.3, 0.4) is 0 Å². The zero-order valence-electron chi connectivity index (χ0n) is 16.2. The molecule has 1 N–H and O–H groups in total. The molecule has 0 aliphatic rings. The molecule has 0 radical (unpaired) electrons. The van der Waals surface area contributed by atoms with Crippen LogP contribution in [-0.4, -0.2) is 30.7 Å². The lowest BCUT2D eigenvalue weighted by molar-refractivity contribution is -0.117. The summed E-state index contributed by atoms with van der Waals surface area (Å²) in [5, 5.41) is 13.1. The van der Waals surface area contributed by atoms with E-state index in [0.29, 0.717) is 26.1 Å². The van der Waals surface area contributed by atoms with Crippen LogP contribution in [0.15, 0.2) is 60.3 Å². The van der Waals surface area contributed by atoms with Crippen molar-refractivity contribution in [3.8, 4) is 6.07 Å². The maximum atomic E-state index is 13.2. The number of amides is 1. The highest BCUT2D eigenvalue weighted by Crippen LogP contribution is 2.24. The second kappa shape index (κ2) is 9.67. The Morgan fingerprint density at radius 3 is 2.72 bits per heavy atom. The number of carbonyl (C=O) groups is 1. The number of rotatable bonds is 8. The summed E-state index contributed by atoms with van der Waals surface area (Å²) in [6, 6.07) is 16.1. The van der Waals surface area contributed by atoms with Crippen molar-refractivity contribution in [2.75, 3.05) is 20.3 Å². The van der Waals surface area contributed by atoms with Gasteiger partial charge in [-0.2, -0.15) is 5.26 Å². The quantitative estimate of drug-likeness (QED) is 0.360. The Morgan fingerprint density at radius 1 is 1.24 bits per heavy atom. The van der Waals surface area contributed by atoms with Crippen LogP contribution in [-0.2, 0) is 16.1 Å². The van der Waals surface area contributed by atoms with Gasteiger partial charge in [0.05, 0.1) is 0 Å². The Kier molecular flexibility index (Phi) is 6.77. The summed E-state index contributed by atoms with van der Waals surface area (Å²) in [7, 11) is 1.60. The van der Waals surface area contributed by atoms with Crippen molar-refractivity contribution >= 4 is 22.9 Å². The predicted octanol–water partition coefficient (Wildman–Crippen LogP) is 3.89. The molecule has 0 aliphatic carbocycles. The number of aromatic nitrogens is 1. The van der Waals surface area contributed by atoms with Gasteiger partial charge >= 0.3 is 0 Å². The molecular weight excluding hydrogens is 369 g/mol. The molecule has 0 atom stereocenters. The number of nitriles is 1. The zero-order chi connectivity index (χ0) is 20.6. The lowest BCUT2D eigenvalue weighted by Gasteiger charge is -2.05. The van der Waals surface area contributed by atoms with Gasteiger partial charge in [0.1, 0.15) is 17.5 Å². The number of para-hydroxylation sites is 1. The summed E-state index contributed by atoms with van der Waals surface area (Å²) in [5.74, 6) is -0.677. The Morgan fingerprint density at radius 2 is 2.00 bits per heavy atom. The molecule has 148 valence electrons. The Bertz CT molecular complexity index is 1060. The largest absolute Gasteiger partial charge is 0.385 e. The third-order valence-electron chi connectivity index (χ3n) is 4.56. The normalized spacial score (nSPS) is 11.4. The first-order chi connectivity index (χ1) is 14.1. The number of hydrogen-bond donors (Lipinski definition) is 1. The van der Waals surface area contributed by atoms with Crippen LogP contribution in [0.5, 0.6) is 0 Å². The van der Waals surface area contributed by atoms with E-state index in [1.54, 1.807) is 25.3 Å². The highest BCUT2D eigenvalue weighted by atomic mass is 19.1. The molecule has 1 aromatic heterocycles. The van der Waals surface area contributed by atoms with E-state index >= 15 is 0 Å². The third-order valence-corrected chi connectivity index (χ3v) is 4.56. The Balaban J connectivity index is 1.88. The van der Waals surface area contributed by atoms with Gasteiger partial charge < -0.3 is 14.6 Å². The van der Waals surface area contributed by atoms with Gasteiger partial charge in [-0.1, -0.05) is 30.3 Å². The number of nitrogens with one attached hydrogen (secondary N) is 1. The van der Waals surface area contributed by atoms with E-state index in [4.69, 9.17) is 4.74 Å². The van der Waals surface area contributed by atoms with Crippen molar-refractivity contribution in [1.29, 1.82) is 5.26 Å². The second-order valence-electron chi connectivity index (χ2n) is 6.63.